The molecule has 3 fully saturated rings. The molecule has 0 unspecified atom stereocenters. The highest BCUT2D eigenvalue weighted by Crippen LogP contribution is 2.65. The van der Waals surface area contributed by atoms with Crippen molar-refractivity contribution in [3.8, 4) is 0 Å². The minimum atomic E-state index is -1.30. The second kappa shape index (κ2) is 13.5. The van der Waals surface area contributed by atoms with Gasteiger partial charge in [-0.15, -0.1) is 24.8 Å². The fourth-order valence-corrected chi connectivity index (χ4v) is 8.80. The summed E-state index contributed by atoms with van der Waals surface area (Å²) in [7, 11) is 7.87. The van der Waals surface area contributed by atoms with Crippen molar-refractivity contribution in [1.29, 1.82) is 0 Å². The van der Waals surface area contributed by atoms with Crippen LogP contribution in [0.25, 0.3) is 0 Å². The highest BCUT2D eigenvalue weighted by Gasteiger charge is 2.64. The average Bonchev–Trinajstić information content (AvgIpc) is 3.25. The second-order valence-electron chi connectivity index (χ2n) is 14.3. The van der Waals surface area contributed by atoms with Crippen LogP contribution in [0.3, 0.4) is 0 Å². The van der Waals surface area contributed by atoms with Crippen molar-refractivity contribution in [1.82, 2.24) is 14.9 Å². The number of nitrogens with zero attached hydrogens (tertiary/aromatic N) is 6. The predicted octanol–water partition coefficient (Wildman–Crippen LogP) is 3.50. The Morgan fingerprint density at radius 3 is 2.33 bits per heavy atom. The number of Topliss-reactive ketones (excluding diaryl/α,β-unsaturated/α-hetero) is 1. The Morgan fingerprint density at radius 1 is 1.00 bits per heavy atom. The summed E-state index contributed by atoms with van der Waals surface area (Å²) < 4.78 is 0. The SMILES string of the molecule is CN(C)c1cc(N2CCN(CC(=O)[C@@]3(O)CC[C@H]4[C@@H]5CCC6=CC(=O)CC[C@]6(C)C5=CC[C@@]43C)CC2)nc(N(C)C)n1.Cl.Cl.O. The number of piperazine rings is 1. The normalized spacial score (nSPS) is 32.3. The van der Waals surface area contributed by atoms with Gasteiger partial charge in [0, 0.05) is 77.7 Å². The Bertz CT molecular complexity index is 1320. The third-order valence-electron chi connectivity index (χ3n) is 11.6. The zero-order valence-electron chi connectivity index (χ0n) is 27.6. The molecule has 252 valence electrons. The third-order valence-corrected chi connectivity index (χ3v) is 11.6. The van der Waals surface area contributed by atoms with Crippen molar-refractivity contribution in [2.45, 2.75) is 64.4 Å². The summed E-state index contributed by atoms with van der Waals surface area (Å²) in [5, 5.41) is 12.2. The molecule has 6 rings (SSSR count). The fourth-order valence-electron chi connectivity index (χ4n) is 8.80. The summed E-state index contributed by atoms with van der Waals surface area (Å²) in [6, 6.07) is 2.02. The molecule has 1 aliphatic heterocycles. The maximum absolute atomic E-state index is 14.0. The first-order valence-corrected chi connectivity index (χ1v) is 15.8. The third kappa shape index (κ3) is 6.13. The van der Waals surface area contributed by atoms with Gasteiger partial charge in [-0.1, -0.05) is 31.1 Å². The lowest BCUT2D eigenvalue weighted by Crippen LogP contribution is -2.58. The lowest BCUT2D eigenvalue weighted by Gasteiger charge is -2.54. The van der Waals surface area contributed by atoms with E-state index in [4.69, 9.17) is 4.98 Å². The minimum absolute atomic E-state index is 0. The van der Waals surface area contributed by atoms with Crippen LogP contribution in [0, 0.1) is 22.7 Å². The molecule has 12 heteroatoms. The Balaban J connectivity index is 0.00000184. The maximum atomic E-state index is 14.0. The van der Waals surface area contributed by atoms with E-state index in [1.54, 1.807) is 0 Å². The number of aromatic nitrogens is 2. The summed E-state index contributed by atoms with van der Waals surface area (Å²) in [6.07, 6.45) is 9.91. The van der Waals surface area contributed by atoms with E-state index in [9.17, 15) is 14.7 Å². The number of allylic oxidation sites excluding steroid dienone is 4. The highest BCUT2D eigenvalue weighted by atomic mass is 35.5. The number of aliphatic hydroxyl groups is 1. The largest absolute Gasteiger partial charge is 0.412 e. The minimum Gasteiger partial charge on any atom is -0.412 e. The molecule has 1 aromatic heterocycles. The standard InChI is InChI=1S/C33H48N6O3.2ClH.H2O/c1-31-12-9-23(40)19-22(31)7-8-24-25(31)10-13-32(2)26(24)11-14-33(32,42)27(41)21-38-15-17-39(18-16-38)29-20-28(36(3)4)34-30(35-29)37(5)6;;;/h10,19-20,24,26,42H,7-9,11-18,21H2,1-6H3;2*1H;1H2/t24-,26+,31+,32+,33+;;;/m1.../s1. The van der Waals surface area contributed by atoms with Crippen molar-refractivity contribution in [2.24, 2.45) is 22.7 Å². The van der Waals surface area contributed by atoms with Gasteiger partial charge in [-0.3, -0.25) is 14.5 Å². The molecule has 4 aliphatic carbocycles. The van der Waals surface area contributed by atoms with Crippen LogP contribution in [0.2, 0.25) is 0 Å². The van der Waals surface area contributed by atoms with Crippen LogP contribution in [0.15, 0.2) is 29.4 Å². The van der Waals surface area contributed by atoms with Gasteiger partial charge >= 0.3 is 0 Å². The van der Waals surface area contributed by atoms with Crippen LogP contribution >= 0.6 is 24.8 Å². The predicted molar refractivity (Wildman–Crippen MR) is 184 cm³/mol. The van der Waals surface area contributed by atoms with Crippen LogP contribution in [0.4, 0.5) is 17.6 Å². The first kappa shape index (κ1) is 37.2. The Morgan fingerprint density at radius 2 is 1.69 bits per heavy atom. The quantitative estimate of drug-likeness (QED) is 0.454. The van der Waals surface area contributed by atoms with Gasteiger partial charge in [-0.25, -0.2) is 0 Å². The molecule has 0 radical (unpaired) electrons. The van der Waals surface area contributed by atoms with Crippen LogP contribution in [-0.4, -0.2) is 104 Å². The number of rotatable bonds is 6. The molecule has 2 saturated carbocycles. The van der Waals surface area contributed by atoms with E-state index in [1.807, 2.05) is 50.1 Å². The van der Waals surface area contributed by atoms with E-state index >= 15 is 0 Å². The van der Waals surface area contributed by atoms with E-state index in [0.717, 1.165) is 69.9 Å². The Labute approximate surface area is 280 Å². The maximum Gasteiger partial charge on any atom is 0.228 e. The van der Waals surface area contributed by atoms with Crippen molar-refractivity contribution >= 4 is 54.0 Å². The lowest BCUT2D eigenvalue weighted by molar-refractivity contribution is -0.154. The van der Waals surface area contributed by atoms with E-state index in [2.05, 4.69) is 34.7 Å². The van der Waals surface area contributed by atoms with Gasteiger partial charge < -0.3 is 25.3 Å². The molecule has 1 saturated heterocycles. The summed E-state index contributed by atoms with van der Waals surface area (Å²) >= 11 is 0. The molecule has 1 aromatic rings. The summed E-state index contributed by atoms with van der Waals surface area (Å²) in [4.78, 5) is 43.9. The number of carbonyl (C=O) groups excluding carboxylic acids is 2. The van der Waals surface area contributed by atoms with Crippen LogP contribution in [0.5, 0.6) is 0 Å². The number of anilines is 3. The van der Waals surface area contributed by atoms with E-state index in [0.29, 0.717) is 30.6 Å². The van der Waals surface area contributed by atoms with E-state index in [-0.39, 0.29) is 53.8 Å². The smallest absolute Gasteiger partial charge is 0.228 e. The molecule has 0 bridgehead atoms. The lowest BCUT2D eigenvalue weighted by atomic mass is 9.50. The zero-order valence-corrected chi connectivity index (χ0v) is 29.3. The fraction of sp³-hybridized carbons (Fsp3) is 0.697. The molecule has 5 aliphatic rings. The van der Waals surface area contributed by atoms with Crippen molar-refractivity contribution in [2.75, 3.05) is 75.6 Å². The van der Waals surface area contributed by atoms with Crippen LogP contribution in [-0.2, 0) is 9.59 Å². The topological polar surface area (TPSA) is 125 Å². The molecule has 0 aromatic carbocycles. The average molecular weight is 668 g/mol. The van der Waals surface area contributed by atoms with Crippen molar-refractivity contribution in [3.63, 3.8) is 0 Å². The molecule has 0 spiro atoms. The van der Waals surface area contributed by atoms with Gasteiger partial charge in [0.25, 0.3) is 0 Å². The van der Waals surface area contributed by atoms with E-state index < -0.39 is 11.0 Å². The number of carbonyl (C=O) groups is 2. The molecule has 2 heterocycles. The number of ketones is 2. The van der Waals surface area contributed by atoms with Gasteiger partial charge in [-0.2, -0.15) is 9.97 Å². The molecule has 0 amide bonds. The molecule has 45 heavy (non-hydrogen) atoms. The molecule has 5 atom stereocenters. The summed E-state index contributed by atoms with van der Waals surface area (Å²) in [5.41, 5.74) is 0.985. The Hall–Kier alpha value is -2.24. The van der Waals surface area contributed by atoms with Crippen LogP contribution in [0.1, 0.15) is 58.8 Å². The number of hydrogen-bond donors (Lipinski definition) is 1. The monoisotopic (exact) mass is 666 g/mol. The second-order valence-corrected chi connectivity index (χ2v) is 14.3. The van der Waals surface area contributed by atoms with Gasteiger partial charge in [0.15, 0.2) is 11.6 Å². The Kier molecular flexibility index (Phi) is 11.1. The highest BCUT2D eigenvalue weighted by molar-refractivity contribution is 5.92. The molecular formula is C33H52Cl2N6O4. The summed E-state index contributed by atoms with van der Waals surface area (Å²) in [5.74, 6) is 3.38. The van der Waals surface area contributed by atoms with E-state index in [1.165, 1.54) is 11.1 Å². The number of fused-ring (bicyclic) bond motifs is 5. The van der Waals surface area contributed by atoms with Crippen molar-refractivity contribution in [3.05, 3.63) is 29.4 Å². The number of halogens is 2. The zero-order chi connectivity index (χ0) is 30.0. The van der Waals surface area contributed by atoms with Gasteiger partial charge in [0.1, 0.15) is 17.2 Å². The number of hydrogen-bond acceptors (Lipinski definition) is 9. The van der Waals surface area contributed by atoms with Gasteiger partial charge in [0.05, 0.1) is 6.54 Å². The molecule has 10 nitrogen and oxygen atoms in total. The van der Waals surface area contributed by atoms with Gasteiger partial charge in [-0.05, 0) is 56.4 Å². The van der Waals surface area contributed by atoms with Gasteiger partial charge in [0.2, 0.25) is 5.95 Å². The molecular weight excluding hydrogens is 615 g/mol. The first-order valence-electron chi connectivity index (χ1n) is 15.8. The molecule has 3 N–H and O–H groups in total. The summed E-state index contributed by atoms with van der Waals surface area (Å²) in [6.45, 7) is 7.82. The van der Waals surface area contributed by atoms with Crippen molar-refractivity contribution < 1.29 is 20.2 Å². The van der Waals surface area contributed by atoms with Crippen LogP contribution < -0.4 is 14.7 Å². The first-order chi connectivity index (χ1) is 19.9.